The number of amides is 1. The molecule has 1 amide bonds. The number of aryl methyl sites for hydroxylation is 1. The quantitative estimate of drug-likeness (QED) is 0.655. The molecule has 0 saturated carbocycles. The van der Waals surface area contributed by atoms with Crippen molar-refractivity contribution in [3.8, 4) is 0 Å². The van der Waals surface area contributed by atoms with E-state index in [1.165, 1.54) is 12.4 Å². The van der Waals surface area contributed by atoms with Gasteiger partial charge in [-0.3, -0.25) is 4.79 Å². The fraction of sp³-hybridized carbons (Fsp3) is 0.593. The SMILES string of the molecule is Cc1ccc([C@H](CN2CCC(O)CC2)C(=O)N2CCN(c3ncnc4c3[C@H](C)C[C@H]4O)CC2)cc1F. The first kappa shape index (κ1) is 25.0. The molecule has 2 fully saturated rings. The third-order valence-corrected chi connectivity index (χ3v) is 8.06. The molecule has 2 N–H and O–H groups in total. The molecule has 1 aliphatic carbocycles. The lowest BCUT2D eigenvalue weighted by Gasteiger charge is -2.39. The number of fused-ring (bicyclic) bond motifs is 1. The van der Waals surface area contributed by atoms with Crippen LogP contribution in [0.4, 0.5) is 10.2 Å². The number of benzene rings is 1. The molecular weight excluding hydrogens is 461 g/mol. The van der Waals surface area contributed by atoms with Crippen LogP contribution >= 0.6 is 0 Å². The average molecular weight is 498 g/mol. The Morgan fingerprint density at radius 1 is 1.11 bits per heavy atom. The third-order valence-electron chi connectivity index (χ3n) is 8.06. The van der Waals surface area contributed by atoms with E-state index in [0.29, 0.717) is 63.1 Å². The fourth-order valence-electron chi connectivity index (χ4n) is 5.83. The Morgan fingerprint density at radius 2 is 1.83 bits per heavy atom. The van der Waals surface area contributed by atoms with E-state index in [0.717, 1.165) is 30.2 Å². The first-order valence-corrected chi connectivity index (χ1v) is 13.0. The van der Waals surface area contributed by atoms with Gasteiger partial charge in [-0.15, -0.1) is 0 Å². The molecule has 2 aromatic rings. The molecule has 0 bridgehead atoms. The van der Waals surface area contributed by atoms with Crippen molar-refractivity contribution in [1.82, 2.24) is 19.8 Å². The van der Waals surface area contributed by atoms with Gasteiger partial charge in [0.1, 0.15) is 18.0 Å². The van der Waals surface area contributed by atoms with Gasteiger partial charge in [-0.25, -0.2) is 14.4 Å². The van der Waals surface area contributed by atoms with E-state index in [-0.39, 0.29) is 23.7 Å². The number of rotatable bonds is 5. The Balaban J connectivity index is 1.31. The van der Waals surface area contributed by atoms with E-state index in [2.05, 4.69) is 26.7 Å². The molecule has 9 heteroatoms. The zero-order chi connectivity index (χ0) is 25.4. The largest absolute Gasteiger partial charge is 0.393 e. The van der Waals surface area contributed by atoms with Gasteiger partial charge in [0.25, 0.3) is 0 Å². The van der Waals surface area contributed by atoms with Gasteiger partial charge in [0.2, 0.25) is 5.91 Å². The molecule has 2 saturated heterocycles. The van der Waals surface area contributed by atoms with Crippen molar-refractivity contribution in [2.45, 2.75) is 57.2 Å². The summed E-state index contributed by atoms with van der Waals surface area (Å²) in [5.41, 5.74) is 3.01. The standard InChI is InChI=1S/C27H36FN5O3/c1-17-3-4-19(14-22(17)28)21(15-31-7-5-20(34)6-8-31)27(36)33-11-9-32(10-12-33)26-24-18(2)13-23(35)25(24)29-16-30-26/h3-4,14,16,18,20-21,23,34-35H,5-13,15H2,1-2H3/t18-,21+,23-/m1/s1. The van der Waals surface area contributed by atoms with Gasteiger partial charge < -0.3 is 24.9 Å². The lowest BCUT2D eigenvalue weighted by molar-refractivity contribution is -0.133. The van der Waals surface area contributed by atoms with Gasteiger partial charge in [0.05, 0.1) is 23.8 Å². The van der Waals surface area contributed by atoms with Crippen molar-refractivity contribution < 1.29 is 19.4 Å². The third kappa shape index (κ3) is 4.96. The second-order valence-corrected chi connectivity index (χ2v) is 10.6. The molecule has 0 spiro atoms. The molecule has 5 rings (SSSR count). The number of anilines is 1. The molecule has 194 valence electrons. The summed E-state index contributed by atoms with van der Waals surface area (Å²) in [4.78, 5) is 29.0. The number of piperidine rings is 1. The zero-order valence-corrected chi connectivity index (χ0v) is 21.1. The van der Waals surface area contributed by atoms with Crippen LogP contribution in [0.15, 0.2) is 24.5 Å². The Hall–Kier alpha value is -2.62. The van der Waals surface area contributed by atoms with Gasteiger partial charge in [0.15, 0.2) is 0 Å². The predicted molar refractivity (Wildman–Crippen MR) is 134 cm³/mol. The van der Waals surface area contributed by atoms with Gasteiger partial charge in [0, 0.05) is 51.4 Å². The monoisotopic (exact) mass is 497 g/mol. The van der Waals surface area contributed by atoms with Crippen LogP contribution in [-0.4, -0.2) is 87.8 Å². The number of nitrogens with zero attached hydrogens (tertiary/aromatic N) is 5. The molecule has 1 aromatic carbocycles. The van der Waals surface area contributed by atoms with Crippen molar-refractivity contribution in [1.29, 1.82) is 0 Å². The minimum atomic E-state index is -0.550. The van der Waals surface area contributed by atoms with E-state index >= 15 is 0 Å². The van der Waals surface area contributed by atoms with E-state index in [1.807, 2.05) is 11.0 Å². The summed E-state index contributed by atoms with van der Waals surface area (Å²) in [6, 6.07) is 5.12. The molecular formula is C27H36FN5O3. The van der Waals surface area contributed by atoms with Crippen LogP contribution < -0.4 is 4.90 Å². The van der Waals surface area contributed by atoms with Crippen LogP contribution in [-0.2, 0) is 4.79 Å². The van der Waals surface area contributed by atoms with Gasteiger partial charge >= 0.3 is 0 Å². The number of aliphatic hydroxyl groups excluding tert-OH is 2. The molecule has 3 aliphatic rings. The van der Waals surface area contributed by atoms with Crippen molar-refractivity contribution in [2.24, 2.45) is 0 Å². The highest BCUT2D eigenvalue weighted by Crippen LogP contribution is 2.42. The molecule has 36 heavy (non-hydrogen) atoms. The summed E-state index contributed by atoms with van der Waals surface area (Å²) in [6.07, 6.45) is 2.72. The Kier molecular flexibility index (Phi) is 7.23. The van der Waals surface area contributed by atoms with Crippen LogP contribution in [0.3, 0.4) is 0 Å². The first-order valence-electron chi connectivity index (χ1n) is 13.0. The van der Waals surface area contributed by atoms with Crippen LogP contribution in [0.1, 0.15) is 66.5 Å². The molecule has 0 radical (unpaired) electrons. The molecule has 2 aliphatic heterocycles. The number of likely N-dealkylation sites (tertiary alicyclic amines) is 1. The smallest absolute Gasteiger partial charge is 0.231 e. The highest BCUT2D eigenvalue weighted by atomic mass is 19.1. The zero-order valence-electron chi connectivity index (χ0n) is 21.1. The number of carbonyl (C=O) groups excluding carboxylic acids is 1. The average Bonchev–Trinajstić information content (AvgIpc) is 3.18. The summed E-state index contributed by atoms with van der Waals surface area (Å²) in [7, 11) is 0. The maximum absolute atomic E-state index is 14.5. The summed E-state index contributed by atoms with van der Waals surface area (Å²) >= 11 is 0. The first-order chi connectivity index (χ1) is 17.3. The number of carbonyl (C=O) groups is 1. The predicted octanol–water partition coefficient (Wildman–Crippen LogP) is 2.35. The van der Waals surface area contributed by atoms with Crippen LogP contribution in [0, 0.1) is 12.7 Å². The minimum Gasteiger partial charge on any atom is -0.393 e. The fourth-order valence-corrected chi connectivity index (χ4v) is 5.83. The number of aromatic nitrogens is 2. The van der Waals surface area contributed by atoms with Gasteiger partial charge in [-0.1, -0.05) is 19.1 Å². The summed E-state index contributed by atoms with van der Waals surface area (Å²) in [5.74, 6) is 0.314. The molecule has 3 atom stereocenters. The van der Waals surface area contributed by atoms with Crippen LogP contribution in [0.25, 0.3) is 0 Å². The highest BCUT2D eigenvalue weighted by molar-refractivity contribution is 5.84. The number of piperazine rings is 1. The molecule has 1 aromatic heterocycles. The second-order valence-electron chi connectivity index (χ2n) is 10.6. The summed E-state index contributed by atoms with van der Waals surface area (Å²) in [6.45, 7) is 8.19. The van der Waals surface area contributed by atoms with E-state index in [4.69, 9.17) is 0 Å². The lowest BCUT2D eigenvalue weighted by atomic mass is 9.94. The van der Waals surface area contributed by atoms with Crippen LogP contribution in [0.2, 0.25) is 0 Å². The van der Waals surface area contributed by atoms with Crippen molar-refractivity contribution in [3.63, 3.8) is 0 Å². The van der Waals surface area contributed by atoms with E-state index < -0.39 is 12.0 Å². The van der Waals surface area contributed by atoms with Gasteiger partial charge in [-0.05, 0) is 49.3 Å². The Labute approximate surface area is 211 Å². The Bertz CT molecular complexity index is 1100. The number of halogens is 1. The second kappa shape index (κ2) is 10.4. The molecule has 0 unspecified atom stereocenters. The van der Waals surface area contributed by atoms with E-state index in [1.54, 1.807) is 13.0 Å². The normalized spacial score (nSPS) is 24.1. The number of hydrogen-bond acceptors (Lipinski definition) is 7. The number of aliphatic hydroxyl groups is 2. The van der Waals surface area contributed by atoms with E-state index in [9.17, 15) is 19.4 Å². The van der Waals surface area contributed by atoms with Crippen LogP contribution in [0.5, 0.6) is 0 Å². The summed E-state index contributed by atoms with van der Waals surface area (Å²) < 4.78 is 14.5. The summed E-state index contributed by atoms with van der Waals surface area (Å²) in [5, 5.41) is 20.2. The highest BCUT2D eigenvalue weighted by Gasteiger charge is 2.35. The molecule has 8 nitrogen and oxygen atoms in total. The maximum Gasteiger partial charge on any atom is 0.231 e. The van der Waals surface area contributed by atoms with Crippen molar-refractivity contribution in [2.75, 3.05) is 50.7 Å². The number of hydrogen-bond donors (Lipinski definition) is 2. The lowest BCUT2D eigenvalue weighted by Crippen LogP contribution is -2.52. The van der Waals surface area contributed by atoms with Gasteiger partial charge in [-0.2, -0.15) is 0 Å². The maximum atomic E-state index is 14.5. The Morgan fingerprint density at radius 3 is 2.53 bits per heavy atom. The van der Waals surface area contributed by atoms with Crippen molar-refractivity contribution >= 4 is 11.7 Å². The topological polar surface area (TPSA) is 93.0 Å². The van der Waals surface area contributed by atoms with Crippen molar-refractivity contribution in [3.05, 3.63) is 52.7 Å². The molecule has 3 heterocycles. The minimum absolute atomic E-state index is 0.0146.